The number of hydrogen-bond donors (Lipinski definition) is 4. The van der Waals surface area contributed by atoms with Crippen LogP contribution in [0.15, 0.2) is 0 Å². The molecule has 1 aliphatic heterocycles. The van der Waals surface area contributed by atoms with Crippen LogP contribution in [-0.4, -0.2) is 97.5 Å². The monoisotopic (exact) mass is 923 g/mol. The number of carbonyl (C=O) groups is 1. The fourth-order valence-corrected chi connectivity index (χ4v) is 9.01. The Hall–Kier alpha value is -0.900. The summed E-state index contributed by atoms with van der Waals surface area (Å²) in [5.41, 5.74) is 0. The van der Waals surface area contributed by atoms with Crippen molar-refractivity contribution in [2.45, 2.75) is 288 Å². The Morgan fingerprint density at radius 2 is 0.905 bits per heavy atom. The lowest BCUT2D eigenvalue weighted by atomic mass is 9.99. The fourth-order valence-electron chi connectivity index (χ4n) is 8.50. The zero-order valence-corrected chi connectivity index (χ0v) is 41.2. The van der Waals surface area contributed by atoms with Crippen molar-refractivity contribution in [2.24, 2.45) is 0 Å². The molecule has 0 amide bonds. The third-order valence-corrected chi connectivity index (χ3v) is 12.9. The third kappa shape index (κ3) is 35.9. The number of hydrogen-bond acceptors (Lipinski definition) is 11. The molecule has 0 aromatic heterocycles. The molecule has 63 heavy (non-hydrogen) atoms. The first-order chi connectivity index (χ1) is 30.6. The standard InChI is InChI=1S/C50H98O12S/c1-3-5-7-9-11-13-15-16-17-18-19-20-21-22-23-24-25-26-27-28-30-32-34-36-38-40-58-42-44(60-46(52)39-37-35-33-31-29-14-12-10-8-6-4-2)43-59-50-48(54)49(62-63(55,56)57)47(53)45(41-51)61-50/h44-45,47-51,53-54H,3-43H2,1-2H3,(H,55,56,57). The SMILES string of the molecule is CCCCCCCCCCCCCCCCCCCCCCCCCCCOCC(COC1OC(CO)C(O)C(OS(=O)(=O)O)C1O)OC(=O)CCCCCCCCCCCCC. The Balaban J connectivity index is 2.24. The Morgan fingerprint density at radius 3 is 1.27 bits per heavy atom. The summed E-state index contributed by atoms with van der Waals surface area (Å²) in [5, 5.41) is 30.7. The average Bonchev–Trinajstić information content (AvgIpc) is 3.26. The van der Waals surface area contributed by atoms with Gasteiger partial charge in [-0.05, 0) is 12.8 Å². The minimum Gasteiger partial charge on any atom is -0.457 e. The first-order valence-corrected chi connectivity index (χ1v) is 27.7. The van der Waals surface area contributed by atoms with Gasteiger partial charge in [-0.15, -0.1) is 0 Å². The first kappa shape index (κ1) is 60.1. The highest BCUT2D eigenvalue weighted by Crippen LogP contribution is 2.26. The maximum absolute atomic E-state index is 12.8. The molecule has 0 aliphatic carbocycles. The molecule has 0 radical (unpaired) electrons. The van der Waals surface area contributed by atoms with Crippen molar-refractivity contribution >= 4 is 16.4 Å². The van der Waals surface area contributed by atoms with Gasteiger partial charge in [-0.1, -0.05) is 232 Å². The maximum Gasteiger partial charge on any atom is 0.397 e. The second-order valence-electron chi connectivity index (χ2n) is 18.5. The second kappa shape index (κ2) is 42.5. The van der Waals surface area contributed by atoms with Crippen molar-refractivity contribution in [1.82, 2.24) is 0 Å². The molecule has 1 saturated heterocycles. The van der Waals surface area contributed by atoms with Crippen LogP contribution in [0.5, 0.6) is 0 Å². The molecular weight excluding hydrogens is 825 g/mol. The lowest BCUT2D eigenvalue weighted by molar-refractivity contribution is -0.301. The molecule has 0 saturated carbocycles. The van der Waals surface area contributed by atoms with Crippen LogP contribution in [-0.2, 0) is 38.3 Å². The van der Waals surface area contributed by atoms with Crippen LogP contribution >= 0.6 is 0 Å². The molecule has 376 valence electrons. The van der Waals surface area contributed by atoms with Crippen LogP contribution in [0.25, 0.3) is 0 Å². The summed E-state index contributed by atoms with van der Waals surface area (Å²) in [6.07, 6.45) is 37.3. The van der Waals surface area contributed by atoms with E-state index < -0.39 is 59.8 Å². The van der Waals surface area contributed by atoms with Gasteiger partial charge in [0.1, 0.15) is 30.5 Å². The van der Waals surface area contributed by atoms with Crippen molar-refractivity contribution in [2.75, 3.05) is 26.4 Å². The summed E-state index contributed by atoms with van der Waals surface area (Å²) in [7, 11) is -5.06. The highest BCUT2D eigenvalue weighted by atomic mass is 32.3. The van der Waals surface area contributed by atoms with Gasteiger partial charge in [-0.2, -0.15) is 8.42 Å². The summed E-state index contributed by atoms with van der Waals surface area (Å²) in [6, 6.07) is 0. The Morgan fingerprint density at radius 1 is 0.540 bits per heavy atom. The topological polar surface area (TPSA) is 178 Å². The summed E-state index contributed by atoms with van der Waals surface area (Å²) in [4.78, 5) is 12.8. The van der Waals surface area contributed by atoms with Gasteiger partial charge in [0.15, 0.2) is 6.29 Å². The van der Waals surface area contributed by atoms with E-state index in [2.05, 4.69) is 18.0 Å². The van der Waals surface area contributed by atoms with E-state index >= 15 is 0 Å². The molecule has 0 aromatic carbocycles. The zero-order chi connectivity index (χ0) is 46.1. The van der Waals surface area contributed by atoms with E-state index in [1.54, 1.807) is 0 Å². The van der Waals surface area contributed by atoms with Crippen LogP contribution in [0.1, 0.15) is 251 Å². The highest BCUT2D eigenvalue weighted by Gasteiger charge is 2.48. The van der Waals surface area contributed by atoms with E-state index in [1.807, 2.05) is 0 Å². The average molecular weight is 923 g/mol. The van der Waals surface area contributed by atoms with Gasteiger partial charge in [0.25, 0.3) is 0 Å². The molecule has 0 spiro atoms. The van der Waals surface area contributed by atoms with Crippen molar-refractivity contribution in [3.05, 3.63) is 0 Å². The van der Waals surface area contributed by atoms with Crippen molar-refractivity contribution < 1.29 is 56.2 Å². The van der Waals surface area contributed by atoms with Crippen molar-refractivity contribution in [3.63, 3.8) is 0 Å². The molecule has 1 aliphatic rings. The van der Waals surface area contributed by atoms with Crippen LogP contribution < -0.4 is 0 Å². The zero-order valence-electron chi connectivity index (χ0n) is 40.4. The fraction of sp³-hybridized carbons (Fsp3) is 0.980. The lowest BCUT2D eigenvalue weighted by Crippen LogP contribution is -2.60. The van der Waals surface area contributed by atoms with Gasteiger partial charge in [0.2, 0.25) is 0 Å². The van der Waals surface area contributed by atoms with Crippen LogP contribution in [0.3, 0.4) is 0 Å². The number of aliphatic hydroxyl groups excluding tert-OH is 3. The molecule has 1 fully saturated rings. The number of carbonyl (C=O) groups excluding carboxylic acids is 1. The van der Waals surface area contributed by atoms with E-state index in [9.17, 15) is 33.1 Å². The number of unbranched alkanes of at least 4 members (excludes halogenated alkanes) is 34. The highest BCUT2D eigenvalue weighted by molar-refractivity contribution is 7.80. The van der Waals surface area contributed by atoms with Crippen LogP contribution in [0.4, 0.5) is 0 Å². The van der Waals surface area contributed by atoms with Crippen molar-refractivity contribution in [3.8, 4) is 0 Å². The minimum absolute atomic E-state index is 0.0449. The molecule has 1 rings (SSSR count). The van der Waals surface area contributed by atoms with Crippen LogP contribution in [0, 0.1) is 0 Å². The Labute approximate surface area is 386 Å². The van der Waals surface area contributed by atoms with E-state index in [0.717, 1.165) is 38.5 Å². The summed E-state index contributed by atoms with van der Waals surface area (Å²) >= 11 is 0. The lowest BCUT2D eigenvalue weighted by Gasteiger charge is -2.41. The Bertz CT molecular complexity index is 1110. The number of ether oxygens (including phenoxy) is 4. The Kier molecular flexibility index (Phi) is 40.5. The van der Waals surface area contributed by atoms with E-state index in [-0.39, 0.29) is 19.6 Å². The molecule has 12 nitrogen and oxygen atoms in total. The molecule has 6 atom stereocenters. The number of rotatable bonds is 47. The predicted octanol–water partition coefficient (Wildman–Crippen LogP) is 12.0. The smallest absolute Gasteiger partial charge is 0.397 e. The van der Waals surface area contributed by atoms with Crippen LogP contribution in [0.2, 0.25) is 0 Å². The largest absolute Gasteiger partial charge is 0.457 e. The molecule has 6 unspecified atom stereocenters. The van der Waals surface area contributed by atoms with E-state index in [0.29, 0.717) is 13.0 Å². The number of esters is 1. The first-order valence-electron chi connectivity index (χ1n) is 26.3. The predicted molar refractivity (Wildman–Crippen MR) is 253 cm³/mol. The van der Waals surface area contributed by atoms with Gasteiger partial charge in [-0.3, -0.25) is 9.35 Å². The van der Waals surface area contributed by atoms with E-state index in [4.69, 9.17) is 18.9 Å². The summed E-state index contributed by atoms with van der Waals surface area (Å²) in [6.45, 7) is 4.04. The molecular formula is C50H98O12S. The molecule has 0 aromatic rings. The summed E-state index contributed by atoms with van der Waals surface area (Å²) < 4.78 is 59.2. The molecule has 1 heterocycles. The summed E-state index contributed by atoms with van der Waals surface area (Å²) in [5.74, 6) is -0.394. The van der Waals surface area contributed by atoms with E-state index in [1.165, 1.54) is 186 Å². The molecule has 4 N–H and O–H groups in total. The van der Waals surface area contributed by atoms with Gasteiger partial charge in [-0.25, -0.2) is 4.18 Å². The molecule has 13 heteroatoms. The normalized spacial score (nSPS) is 19.7. The van der Waals surface area contributed by atoms with Gasteiger partial charge < -0.3 is 34.3 Å². The number of aliphatic hydroxyl groups is 3. The quantitative estimate of drug-likeness (QED) is 0.0258. The van der Waals surface area contributed by atoms with Gasteiger partial charge >= 0.3 is 16.4 Å². The second-order valence-corrected chi connectivity index (χ2v) is 19.5. The van der Waals surface area contributed by atoms with Crippen molar-refractivity contribution in [1.29, 1.82) is 0 Å². The van der Waals surface area contributed by atoms with Gasteiger partial charge in [0.05, 0.1) is 19.8 Å². The van der Waals surface area contributed by atoms with Gasteiger partial charge in [0, 0.05) is 13.0 Å². The molecule has 0 bridgehead atoms. The maximum atomic E-state index is 12.8. The minimum atomic E-state index is -5.06. The third-order valence-electron chi connectivity index (χ3n) is 12.5.